The zero-order valence-corrected chi connectivity index (χ0v) is 32.0. The average molecular weight is 762 g/mol. The van der Waals surface area contributed by atoms with Crippen LogP contribution < -0.4 is 31.9 Å². The molecule has 0 bridgehead atoms. The summed E-state index contributed by atoms with van der Waals surface area (Å²) in [6.07, 6.45) is 5.41. The van der Waals surface area contributed by atoms with Crippen LogP contribution in [0, 0.1) is 0 Å². The first-order valence-corrected chi connectivity index (χ1v) is 19.6. The number of para-hydroxylation sites is 1. The zero-order chi connectivity index (χ0) is 39.0. The number of carbonyl (C=O) groups is 2. The molecule has 1 atom stereocenters. The molecule has 4 heterocycles. The standard InChI is InChI=1S/C42H51N9O5/c1-48-36-26-29(13-16-34(36)51(42(48)55)35-17-18-39(53)45-41(35)54)8-4-6-24-56-25-7-5-19-44-28-30-11-14-31(15-12-30)49-20-22-50(23-21-49)37-27-33(46-47-40(37)43)32-9-2-3-10-38(32)52/h2-3,9-16,26-27,35,44,52H,4-8,17-25,28H2,1H3,(H2,43,47)(H,45,53,54). The molecular formula is C42H51N9O5. The Morgan fingerprint density at radius 2 is 1.59 bits per heavy atom. The molecule has 0 saturated carbocycles. The number of unbranched alkanes of at least 4 members (excludes halogenated alkanes) is 2. The summed E-state index contributed by atoms with van der Waals surface area (Å²) in [6, 6.07) is 23.1. The number of hydrogen-bond acceptors (Lipinski definition) is 11. The van der Waals surface area contributed by atoms with Crippen molar-refractivity contribution >= 4 is 40.0 Å². The number of nitrogen functional groups attached to an aromatic ring is 1. The van der Waals surface area contributed by atoms with E-state index in [-0.39, 0.29) is 23.8 Å². The van der Waals surface area contributed by atoms with Gasteiger partial charge in [-0.15, -0.1) is 10.2 Å². The van der Waals surface area contributed by atoms with Crippen molar-refractivity contribution in [1.82, 2.24) is 30.0 Å². The Balaban J connectivity index is 0.757. The maximum Gasteiger partial charge on any atom is 0.329 e. The van der Waals surface area contributed by atoms with E-state index >= 15 is 0 Å². The van der Waals surface area contributed by atoms with Crippen molar-refractivity contribution < 1.29 is 19.4 Å². The van der Waals surface area contributed by atoms with Gasteiger partial charge in [-0.3, -0.25) is 24.0 Å². The largest absolute Gasteiger partial charge is 0.507 e. The molecule has 5 aromatic rings. The Labute approximate surface area is 326 Å². The number of carbonyl (C=O) groups excluding carboxylic acids is 2. The fourth-order valence-electron chi connectivity index (χ4n) is 7.61. The fourth-order valence-corrected chi connectivity index (χ4v) is 7.61. The Morgan fingerprint density at radius 1 is 0.857 bits per heavy atom. The summed E-state index contributed by atoms with van der Waals surface area (Å²) in [5, 5.41) is 24.6. The minimum Gasteiger partial charge on any atom is -0.507 e. The van der Waals surface area contributed by atoms with Crippen LogP contribution in [-0.2, 0) is 34.3 Å². The molecule has 2 amide bonds. The van der Waals surface area contributed by atoms with Crippen LogP contribution >= 0.6 is 0 Å². The SMILES string of the molecule is Cn1c(=O)n(C2CCC(=O)NC2=O)c2ccc(CCCCOCCCCNCc3ccc(N4CCN(c5cc(-c6ccccc6O)nnc5N)CC4)cc3)cc21. The van der Waals surface area contributed by atoms with E-state index in [9.17, 15) is 19.5 Å². The molecule has 0 spiro atoms. The number of nitrogens with one attached hydrogen (secondary N) is 2. The number of piperazine rings is 1. The van der Waals surface area contributed by atoms with Crippen LogP contribution in [0.25, 0.3) is 22.3 Å². The van der Waals surface area contributed by atoms with Gasteiger partial charge in [-0.25, -0.2) is 4.79 Å². The van der Waals surface area contributed by atoms with Crippen LogP contribution in [0.3, 0.4) is 0 Å². The molecule has 1 unspecified atom stereocenters. The number of imidazole rings is 1. The fraction of sp³-hybridized carbons (Fsp3) is 0.405. The molecule has 14 heteroatoms. The lowest BCUT2D eigenvalue weighted by Crippen LogP contribution is -2.46. The number of nitrogens with zero attached hydrogens (tertiary/aromatic N) is 6. The van der Waals surface area contributed by atoms with E-state index in [1.54, 1.807) is 23.7 Å². The minimum absolute atomic E-state index is 0.166. The van der Waals surface area contributed by atoms with Gasteiger partial charge in [0.25, 0.3) is 0 Å². The number of imide groups is 1. The Hall–Kier alpha value is -5.73. The van der Waals surface area contributed by atoms with Gasteiger partial charge in [0.1, 0.15) is 11.8 Å². The summed E-state index contributed by atoms with van der Waals surface area (Å²) in [4.78, 5) is 41.7. The van der Waals surface area contributed by atoms with Crippen LogP contribution in [-0.4, -0.2) is 82.2 Å². The third-order valence-corrected chi connectivity index (χ3v) is 10.8. The van der Waals surface area contributed by atoms with Crippen molar-refractivity contribution in [2.75, 3.05) is 61.5 Å². The van der Waals surface area contributed by atoms with Crippen LogP contribution in [0.1, 0.15) is 55.7 Å². The van der Waals surface area contributed by atoms with E-state index < -0.39 is 11.9 Å². The van der Waals surface area contributed by atoms with Crippen LogP contribution in [0.2, 0.25) is 0 Å². The molecule has 7 rings (SSSR count). The van der Waals surface area contributed by atoms with Gasteiger partial charge in [0.05, 0.1) is 22.4 Å². The van der Waals surface area contributed by atoms with Gasteiger partial charge in [-0.05, 0) is 98.7 Å². The number of phenols is 1. The van der Waals surface area contributed by atoms with E-state index in [2.05, 4.69) is 54.9 Å². The van der Waals surface area contributed by atoms with Crippen molar-refractivity contribution in [2.45, 2.75) is 57.5 Å². The number of ether oxygens (including phenoxy) is 1. The Morgan fingerprint density at radius 3 is 2.36 bits per heavy atom. The summed E-state index contributed by atoms with van der Waals surface area (Å²) in [5.41, 5.74) is 13.2. The molecule has 2 saturated heterocycles. The lowest BCUT2D eigenvalue weighted by atomic mass is 10.0. The highest BCUT2D eigenvalue weighted by molar-refractivity contribution is 6.00. The zero-order valence-electron chi connectivity index (χ0n) is 32.0. The third-order valence-electron chi connectivity index (χ3n) is 10.8. The van der Waals surface area contributed by atoms with Gasteiger partial charge in [0.15, 0.2) is 5.82 Å². The predicted molar refractivity (Wildman–Crippen MR) is 218 cm³/mol. The summed E-state index contributed by atoms with van der Waals surface area (Å²) >= 11 is 0. The highest BCUT2D eigenvalue weighted by Gasteiger charge is 2.31. The number of amides is 2. The number of benzene rings is 3. The Kier molecular flexibility index (Phi) is 12.3. The normalized spacial score (nSPS) is 16.1. The quantitative estimate of drug-likeness (QED) is 0.0835. The van der Waals surface area contributed by atoms with Crippen LogP contribution in [0.15, 0.2) is 77.6 Å². The second-order valence-electron chi connectivity index (χ2n) is 14.6. The second-order valence-corrected chi connectivity index (χ2v) is 14.6. The van der Waals surface area contributed by atoms with E-state index in [4.69, 9.17) is 10.5 Å². The molecule has 2 fully saturated rings. The number of aromatic nitrogens is 4. The van der Waals surface area contributed by atoms with Gasteiger partial charge >= 0.3 is 5.69 Å². The third kappa shape index (κ3) is 8.87. The van der Waals surface area contributed by atoms with Crippen molar-refractivity contribution in [3.63, 3.8) is 0 Å². The van der Waals surface area contributed by atoms with E-state index in [0.29, 0.717) is 29.0 Å². The molecule has 56 heavy (non-hydrogen) atoms. The maximum atomic E-state index is 13.0. The molecule has 2 aromatic heterocycles. The van der Waals surface area contributed by atoms with Gasteiger partial charge in [0, 0.05) is 70.7 Å². The van der Waals surface area contributed by atoms with Crippen molar-refractivity contribution in [2.24, 2.45) is 7.05 Å². The molecule has 0 aliphatic carbocycles. The summed E-state index contributed by atoms with van der Waals surface area (Å²) in [6.45, 7) is 6.54. The number of hydrogen-bond donors (Lipinski definition) is 4. The second kappa shape index (κ2) is 17.8. The van der Waals surface area contributed by atoms with Gasteiger partial charge < -0.3 is 30.7 Å². The lowest BCUT2D eigenvalue weighted by Gasteiger charge is -2.37. The van der Waals surface area contributed by atoms with Crippen LogP contribution in [0.4, 0.5) is 17.2 Å². The summed E-state index contributed by atoms with van der Waals surface area (Å²) in [5.74, 6) is -0.160. The number of aryl methyl sites for hydroxylation is 2. The van der Waals surface area contributed by atoms with E-state index in [1.165, 1.54) is 15.8 Å². The maximum absolute atomic E-state index is 13.0. The first-order valence-electron chi connectivity index (χ1n) is 19.6. The minimum atomic E-state index is -0.672. The van der Waals surface area contributed by atoms with Crippen LogP contribution in [0.5, 0.6) is 5.75 Å². The first-order chi connectivity index (χ1) is 27.3. The monoisotopic (exact) mass is 761 g/mol. The highest BCUT2D eigenvalue weighted by Crippen LogP contribution is 2.32. The predicted octanol–water partition coefficient (Wildman–Crippen LogP) is 4.30. The number of rotatable bonds is 16. The Bertz CT molecular complexity index is 2210. The number of fused-ring (bicyclic) bond motifs is 1. The molecule has 2 aliphatic heterocycles. The number of phenolic OH excluding ortho intramolecular Hbond substituents is 1. The molecule has 14 nitrogen and oxygen atoms in total. The van der Waals surface area contributed by atoms with Crippen molar-refractivity contribution in [3.8, 4) is 17.0 Å². The number of nitrogens with two attached hydrogens (primary N) is 1. The summed E-state index contributed by atoms with van der Waals surface area (Å²) < 4.78 is 9.00. The van der Waals surface area contributed by atoms with E-state index in [1.807, 2.05) is 36.4 Å². The lowest BCUT2D eigenvalue weighted by molar-refractivity contribution is -0.135. The molecule has 294 valence electrons. The van der Waals surface area contributed by atoms with Gasteiger partial charge in [0.2, 0.25) is 11.8 Å². The number of piperidine rings is 1. The van der Waals surface area contributed by atoms with Gasteiger partial charge in [-0.1, -0.05) is 30.3 Å². The topological polar surface area (TPSA) is 173 Å². The van der Waals surface area contributed by atoms with Crippen molar-refractivity contribution in [3.05, 3.63) is 94.4 Å². The number of aromatic hydroxyl groups is 1. The molecule has 3 aromatic carbocycles. The number of anilines is 3. The highest BCUT2D eigenvalue weighted by atomic mass is 16.5. The molecule has 2 aliphatic rings. The van der Waals surface area contributed by atoms with Crippen molar-refractivity contribution in [1.29, 1.82) is 0 Å². The van der Waals surface area contributed by atoms with Gasteiger partial charge in [-0.2, -0.15) is 0 Å². The van der Waals surface area contributed by atoms with E-state index in [0.717, 1.165) is 101 Å². The molecule has 5 N–H and O–H groups in total. The molecular weight excluding hydrogens is 711 g/mol. The smallest absolute Gasteiger partial charge is 0.329 e. The average Bonchev–Trinajstić information content (AvgIpc) is 3.45. The summed E-state index contributed by atoms with van der Waals surface area (Å²) in [7, 11) is 1.72. The first kappa shape index (κ1) is 38.5. The molecule has 0 radical (unpaired) electrons.